The van der Waals surface area contributed by atoms with Gasteiger partial charge in [-0.25, -0.2) is 0 Å². The SMILES string of the molecule is NCC(=O)OCC(O)O.[H-].[H-].[Na+].[Na+]. The third kappa shape index (κ3) is 14.2. The van der Waals surface area contributed by atoms with Gasteiger partial charge >= 0.3 is 65.1 Å². The van der Waals surface area contributed by atoms with Crippen molar-refractivity contribution >= 4 is 5.97 Å². The van der Waals surface area contributed by atoms with E-state index in [1.54, 1.807) is 0 Å². The van der Waals surface area contributed by atoms with Crippen LogP contribution in [0.2, 0.25) is 0 Å². The van der Waals surface area contributed by atoms with E-state index < -0.39 is 18.9 Å². The van der Waals surface area contributed by atoms with E-state index >= 15 is 0 Å². The summed E-state index contributed by atoms with van der Waals surface area (Å²) in [5.74, 6) is -0.650. The summed E-state index contributed by atoms with van der Waals surface area (Å²) >= 11 is 0. The van der Waals surface area contributed by atoms with Crippen molar-refractivity contribution in [3.05, 3.63) is 0 Å². The van der Waals surface area contributed by atoms with Gasteiger partial charge in [0.25, 0.3) is 0 Å². The number of aliphatic hydroxyl groups is 2. The Balaban J connectivity index is -0.0000000533. The minimum Gasteiger partial charge on any atom is -1.00 e. The topological polar surface area (TPSA) is 92.8 Å². The maximum Gasteiger partial charge on any atom is 1.00 e. The standard InChI is InChI=1S/C4H9NO4.2Na.2H/c5-1-4(8)9-2-3(6)7;;;;/h3,6-7H,1-2,5H2;;;;/q;2*+1;2*-1. The van der Waals surface area contributed by atoms with Crippen molar-refractivity contribution in [2.45, 2.75) is 6.29 Å². The zero-order valence-electron chi connectivity index (χ0n) is 8.78. The summed E-state index contributed by atoms with van der Waals surface area (Å²) in [4.78, 5) is 10.1. The zero-order chi connectivity index (χ0) is 7.28. The maximum atomic E-state index is 10.1. The van der Waals surface area contributed by atoms with Gasteiger partial charge in [0.2, 0.25) is 0 Å². The molecule has 0 aromatic carbocycles. The fourth-order valence-corrected chi connectivity index (χ4v) is 0.226. The summed E-state index contributed by atoms with van der Waals surface area (Å²) in [6, 6.07) is 0. The minimum atomic E-state index is -1.61. The first-order chi connectivity index (χ1) is 4.16. The Labute approximate surface area is 112 Å². The number of rotatable bonds is 3. The molecule has 4 N–H and O–H groups in total. The van der Waals surface area contributed by atoms with Crippen LogP contribution in [0.3, 0.4) is 0 Å². The first-order valence-electron chi connectivity index (χ1n) is 2.38. The molecular formula is C4H11NNa2O4. The molecule has 0 atom stereocenters. The van der Waals surface area contributed by atoms with Crippen LogP contribution in [0, 0.1) is 0 Å². The van der Waals surface area contributed by atoms with Gasteiger partial charge in [0.1, 0.15) is 6.61 Å². The third-order valence-electron chi connectivity index (χ3n) is 0.560. The van der Waals surface area contributed by atoms with Gasteiger partial charge in [0.05, 0.1) is 6.54 Å². The molecule has 0 rings (SSSR count). The van der Waals surface area contributed by atoms with E-state index in [0.717, 1.165) is 0 Å². The predicted octanol–water partition coefficient (Wildman–Crippen LogP) is -7.97. The number of esters is 1. The molecule has 0 heterocycles. The molecule has 0 saturated heterocycles. The molecule has 5 nitrogen and oxygen atoms in total. The summed E-state index contributed by atoms with van der Waals surface area (Å²) in [5.41, 5.74) is 4.82. The summed E-state index contributed by atoms with van der Waals surface area (Å²) in [6.07, 6.45) is -1.61. The second-order valence-corrected chi connectivity index (χ2v) is 1.37. The van der Waals surface area contributed by atoms with E-state index in [4.69, 9.17) is 15.9 Å². The molecular weight excluding hydrogens is 172 g/mol. The molecule has 0 aromatic heterocycles. The zero-order valence-corrected chi connectivity index (χ0v) is 10.8. The van der Waals surface area contributed by atoms with Crippen LogP contribution in [0.5, 0.6) is 0 Å². The van der Waals surface area contributed by atoms with Crippen LogP contribution in [-0.4, -0.2) is 35.6 Å². The van der Waals surface area contributed by atoms with E-state index in [1.807, 2.05) is 0 Å². The van der Waals surface area contributed by atoms with Crippen LogP contribution < -0.4 is 64.8 Å². The van der Waals surface area contributed by atoms with Gasteiger partial charge in [-0.15, -0.1) is 0 Å². The summed E-state index contributed by atoms with van der Waals surface area (Å²) < 4.78 is 4.19. The Bertz CT molecular complexity index is 108. The number of hydrogen-bond donors (Lipinski definition) is 3. The molecule has 0 aliphatic heterocycles. The number of carbonyl (C=O) groups is 1. The van der Waals surface area contributed by atoms with Crippen LogP contribution in [0.25, 0.3) is 0 Å². The summed E-state index contributed by atoms with van der Waals surface area (Å²) in [7, 11) is 0. The molecule has 0 radical (unpaired) electrons. The molecule has 0 aliphatic carbocycles. The van der Waals surface area contributed by atoms with Gasteiger partial charge in [-0.05, 0) is 0 Å². The second-order valence-electron chi connectivity index (χ2n) is 1.37. The van der Waals surface area contributed by atoms with E-state index in [2.05, 4.69) is 4.74 Å². The van der Waals surface area contributed by atoms with Crippen molar-refractivity contribution < 1.29 is 81.7 Å². The van der Waals surface area contributed by atoms with Crippen LogP contribution in [-0.2, 0) is 9.53 Å². The molecule has 0 saturated carbocycles. The van der Waals surface area contributed by atoms with Crippen molar-refractivity contribution in [1.82, 2.24) is 0 Å². The second kappa shape index (κ2) is 11.4. The molecule has 0 fully saturated rings. The van der Waals surface area contributed by atoms with Crippen molar-refractivity contribution in [3.63, 3.8) is 0 Å². The number of aliphatic hydroxyl groups excluding tert-OH is 1. The quantitative estimate of drug-likeness (QED) is 0.229. The number of nitrogens with two attached hydrogens (primary N) is 1. The van der Waals surface area contributed by atoms with Crippen LogP contribution in [0.15, 0.2) is 0 Å². The molecule has 0 amide bonds. The average molecular weight is 183 g/mol. The molecule has 0 spiro atoms. The minimum absolute atomic E-state index is 0. The molecule has 0 bridgehead atoms. The van der Waals surface area contributed by atoms with Gasteiger partial charge in [0.15, 0.2) is 6.29 Å². The van der Waals surface area contributed by atoms with Gasteiger partial charge in [0, 0.05) is 0 Å². The van der Waals surface area contributed by atoms with E-state index in [9.17, 15) is 4.79 Å². The molecule has 0 aromatic rings. The van der Waals surface area contributed by atoms with Gasteiger partial charge in [-0.1, -0.05) is 0 Å². The van der Waals surface area contributed by atoms with E-state index in [1.165, 1.54) is 0 Å². The van der Waals surface area contributed by atoms with Gasteiger partial charge in [-0.3, -0.25) is 4.79 Å². The van der Waals surface area contributed by atoms with Crippen LogP contribution >= 0.6 is 0 Å². The Morgan fingerprint density at radius 3 is 2.27 bits per heavy atom. The number of ether oxygens (including phenoxy) is 1. The molecule has 7 heteroatoms. The van der Waals surface area contributed by atoms with Crippen LogP contribution in [0.1, 0.15) is 2.85 Å². The summed E-state index contributed by atoms with van der Waals surface area (Å²) in [5, 5.41) is 16.3. The van der Waals surface area contributed by atoms with Gasteiger partial charge < -0.3 is 23.5 Å². The monoisotopic (exact) mass is 183 g/mol. The van der Waals surface area contributed by atoms with Crippen molar-refractivity contribution in [2.75, 3.05) is 13.2 Å². The van der Waals surface area contributed by atoms with Crippen molar-refractivity contribution in [1.29, 1.82) is 0 Å². The number of carbonyl (C=O) groups excluding carboxylic acids is 1. The van der Waals surface area contributed by atoms with E-state index in [-0.39, 0.29) is 68.5 Å². The van der Waals surface area contributed by atoms with Crippen molar-refractivity contribution in [3.8, 4) is 0 Å². The average Bonchev–Trinajstić information content (AvgIpc) is 1.83. The molecule has 11 heavy (non-hydrogen) atoms. The first-order valence-corrected chi connectivity index (χ1v) is 2.38. The molecule has 58 valence electrons. The Hall–Kier alpha value is 1.35. The van der Waals surface area contributed by atoms with E-state index in [0.29, 0.717) is 0 Å². The first kappa shape index (κ1) is 18.2. The molecule has 0 unspecified atom stereocenters. The largest absolute Gasteiger partial charge is 1.00 e. The molecule has 0 aliphatic rings. The predicted molar refractivity (Wildman–Crippen MR) is 30.5 cm³/mol. The maximum absolute atomic E-state index is 10.1. The van der Waals surface area contributed by atoms with Crippen molar-refractivity contribution in [2.24, 2.45) is 5.73 Å². The van der Waals surface area contributed by atoms with Gasteiger partial charge in [-0.2, -0.15) is 0 Å². The normalized spacial score (nSPS) is 8.00. The summed E-state index contributed by atoms with van der Waals surface area (Å²) in [6.45, 7) is -0.664. The third-order valence-corrected chi connectivity index (χ3v) is 0.560. The van der Waals surface area contributed by atoms with Crippen LogP contribution in [0.4, 0.5) is 0 Å². The fraction of sp³-hybridized carbons (Fsp3) is 0.750. The Morgan fingerprint density at radius 2 is 2.00 bits per heavy atom. The Morgan fingerprint density at radius 1 is 1.55 bits per heavy atom. The Kier molecular flexibility index (Phi) is 18.8. The number of hydrogen-bond acceptors (Lipinski definition) is 5. The fourth-order valence-electron chi connectivity index (χ4n) is 0.226. The smallest absolute Gasteiger partial charge is 1.00 e.